The molecule has 6 nitrogen and oxygen atoms in total. The maximum absolute atomic E-state index is 11.8. The van der Waals surface area contributed by atoms with Crippen LogP contribution in [0.4, 0.5) is 0 Å². The van der Waals surface area contributed by atoms with Gasteiger partial charge in [-0.2, -0.15) is 15.4 Å². The van der Waals surface area contributed by atoms with Crippen molar-refractivity contribution in [2.45, 2.75) is 37.6 Å². The Bertz CT molecular complexity index is 342. The molecule has 6 heteroatoms. The van der Waals surface area contributed by atoms with Gasteiger partial charge in [-0.05, 0) is 12.8 Å². The van der Waals surface area contributed by atoms with Crippen molar-refractivity contribution in [1.82, 2.24) is 20.7 Å². The fourth-order valence-electron chi connectivity index (χ4n) is 2.22. The van der Waals surface area contributed by atoms with Crippen LogP contribution in [0.15, 0.2) is 6.20 Å². The summed E-state index contributed by atoms with van der Waals surface area (Å²) in [7, 11) is 0. The Morgan fingerprint density at radius 1 is 1.50 bits per heavy atom. The number of carbonyl (C=O) groups is 1. The van der Waals surface area contributed by atoms with Crippen LogP contribution in [0.5, 0.6) is 0 Å². The summed E-state index contributed by atoms with van der Waals surface area (Å²) in [5.74, 6) is -0.193. The maximum Gasteiger partial charge on any atom is 0.273 e. The zero-order valence-electron chi connectivity index (χ0n) is 9.20. The van der Waals surface area contributed by atoms with Gasteiger partial charge in [0.2, 0.25) is 0 Å². The molecule has 4 N–H and O–H groups in total. The molecule has 0 aromatic carbocycles. The van der Waals surface area contributed by atoms with E-state index in [0.29, 0.717) is 12.2 Å². The van der Waals surface area contributed by atoms with Crippen LogP contribution in [0.2, 0.25) is 0 Å². The van der Waals surface area contributed by atoms with Crippen molar-refractivity contribution < 1.29 is 4.79 Å². The van der Waals surface area contributed by atoms with Gasteiger partial charge in [-0.15, -0.1) is 0 Å². The second-order valence-corrected chi connectivity index (χ2v) is 4.35. The quantitative estimate of drug-likeness (QED) is 0.681. The lowest BCUT2D eigenvalue weighted by Gasteiger charge is -2.36. The minimum Gasteiger partial charge on any atom is -0.344 e. The molecule has 0 atom stereocenters. The summed E-state index contributed by atoms with van der Waals surface area (Å²) < 4.78 is 0. The minimum atomic E-state index is -0.242. The van der Waals surface area contributed by atoms with Gasteiger partial charge in [0, 0.05) is 6.54 Å². The van der Waals surface area contributed by atoms with E-state index in [4.69, 9.17) is 5.73 Å². The van der Waals surface area contributed by atoms with Gasteiger partial charge in [0.25, 0.3) is 5.91 Å². The highest BCUT2D eigenvalue weighted by atomic mass is 16.2. The molecular formula is C10H17N5O. The number of hydrogen-bond acceptors (Lipinski definition) is 4. The molecule has 0 unspecified atom stereocenters. The molecule has 0 bridgehead atoms. The van der Waals surface area contributed by atoms with Crippen LogP contribution in [0.1, 0.15) is 42.6 Å². The number of nitrogens with one attached hydrogen (secondary N) is 2. The van der Waals surface area contributed by atoms with Crippen LogP contribution in [0, 0.1) is 0 Å². The van der Waals surface area contributed by atoms with E-state index in [9.17, 15) is 4.79 Å². The van der Waals surface area contributed by atoms with Crippen molar-refractivity contribution in [2.75, 3.05) is 6.54 Å². The molecular weight excluding hydrogens is 206 g/mol. The average molecular weight is 223 g/mol. The van der Waals surface area contributed by atoms with Gasteiger partial charge < -0.3 is 11.1 Å². The SMILES string of the molecule is NCC1(NC(=O)c2cn[nH]n2)CCCCC1. The predicted molar refractivity (Wildman–Crippen MR) is 58.7 cm³/mol. The maximum atomic E-state index is 11.8. The first-order valence-corrected chi connectivity index (χ1v) is 5.64. The van der Waals surface area contributed by atoms with Crippen LogP contribution >= 0.6 is 0 Å². The Morgan fingerprint density at radius 3 is 2.81 bits per heavy atom. The van der Waals surface area contributed by atoms with E-state index in [2.05, 4.69) is 20.7 Å². The molecule has 0 spiro atoms. The summed E-state index contributed by atoms with van der Waals surface area (Å²) in [5.41, 5.74) is 5.86. The molecule has 0 saturated heterocycles. The lowest BCUT2D eigenvalue weighted by Crippen LogP contribution is -2.54. The molecule has 1 aromatic heterocycles. The highest BCUT2D eigenvalue weighted by Crippen LogP contribution is 2.27. The van der Waals surface area contributed by atoms with E-state index in [1.807, 2.05) is 0 Å². The number of amides is 1. The first kappa shape index (κ1) is 11.1. The minimum absolute atomic E-state index is 0.193. The number of rotatable bonds is 3. The van der Waals surface area contributed by atoms with E-state index in [1.165, 1.54) is 12.6 Å². The molecule has 1 saturated carbocycles. The Kier molecular flexibility index (Phi) is 3.19. The third-order valence-electron chi connectivity index (χ3n) is 3.23. The summed E-state index contributed by atoms with van der Waals surface area (Å²) in [6.45, 7) is 0.483. The van der Waals surface area contributed by atoms with Crippen LogP contribution in [-0.2, 0) is 0 Å². The standard InChI is InChI=1S/C10H17N5O/c11-7-10(4-2-1-3-5-10)13-9(16)8-6-12-15-14-8/h6H,1-5,7,11H2,(H,13,16)(H,12,14,15). The molecule has 1 aliphatic rings. The molecule has 0 aliphatic heterocycles. The summed E-state index contributed by atoms with van der Waals surface area (Å²) >= 11 is 0. The zero-order chi connectivity index (χ0) is 11.4. The highest BCUT2D eigenvalue weighted by Gasteiger charge is 2.32. The molecule has 1 aliphatic carbocycles. The molecule has 2 rings (SSSR count). The van der Waals surface area contributed by atoms with Crippen molar-refractivity contribution in [3.8, 4) is 0 Å². The van der Waals surface area contributed by atoms with E-state index >= 15 is 0 Å². The van der Waals surface area contributed by atoms with Crippen molar-refractivity contribution in [3.05, 3.63) is 11.9 Å². The van der Waals surface area contributed by atoms with Gasteiger partial charge >= 0.3 is 0 Å². The van der Waals surface area contributed by atoms with E-state index < -0.39 is 0 Å². The van der Waals surface area contributed by atoms with Crippen molar-refractivity contribution in [3.63, 3.8) is 0 Å². The highest BCUT2D eigenvalue weighted by molar-refractivity contribution is 5.92. The average Bonchev–Trinajstić information content (AvgIpc) is 2.84. The van der Waals surface area contributed by atoms with Gasteiger partial charge in [-0.1, -0.05) is 19.3 Å². The van der Waals surface area contributed by atoms with E-state index in [1.54, 1.807) is 0 Å². The monoisotopic (exact) mass is 223 g/mol. The molecule has 88 valence electrons. The molecule has 0 radical (unpaired) electrons. The van der Waals surface area contributed by atoms with Gasteiger partial charge in [0.05, 0.1) is 11.7 Å². The topological polar surface area (TPSA) is 96.7 Å². The second kappa shape index (κ2) is 4.61. The Balaban J connectivity index is 2.03. The number of H-pyrrole nitrogens is 1. The van der Waals surface area contributed by atoms with Crippen LogP contribution in [-0.4, -0.2) is 33.4 Å². The fourth-order valence-corrected chi connectivity index (χ4v) is 2.22. The number of aromatic nitrogens is 3. The molecule has 1 aromatic rings. The van der Waals surface area contributed by atoms with Crippen LogP contribution in [0.3, 0.4) is 0 Å². The van der Waals surface area contributed by atoms with Crippen LogP contribution in [0.25, 0.3) is 0 Å². The third-order valence-corrected chi connectivity index (χ3v) is 3.23. The van der Waals surface area contributed by atoms with E-state index in [-0.39, 0.29) is 11.4 Å². The van der Waals surface area contributed by atoms with Crippen LogP contribution < -0.4 is 11.1 Å². The molecule has 1 fully saturated rings. The summed E-state index contributed by atoms with van der Waals surface area (Å²) in [6, 6.07) is 0. The van der Waals surface area contributed by atoms with Gasteiger partial charge in [0.1, 0.15) is 0 Å². The lowest BCUT2D eigenvalue weighted by atomic mass is 9.81. The predicted octanol–water partition coefficient (Wildman–Crippen LogP) is 0.196. The smallest absolute Gasteiger partial charge is 0.273 e. The fraction of sp³-hybridized carbons (Fsp3) is 0.700. The Hall–Kier alpha value is -1.43. The third kappa shape index (κ3) is 2.21. The lowest BCUT2D eigenvalue weighted by molar-refractivity contribution is 0.0869. The molecule has 16 heavy (non-hydrogen) atoms. The largest absolute Gasteiger partial charge is 0.344 e. The summed E-state index contributed by atoms with van der Waals surface area (Å²) in [5, 5.41) is 12.8. The number of hydrogen-bond donors (Lipinski definition) is 3. The van der Waals surface area contributed by atoms with E-state index in [0.717, 1.165) is 25.7 Å². The second-order valence-electron chi connectivity index (χ2n) is 4.35. The Labute approximate surface area is 94.0 Å². The molecule has 1 heterocycles. The first-order valence-electron chi connectivity index (χ1n) is 5.64. The van der Waals surface area contributed by atoms with Crippen molar-refractivity contribution in [2.24, 2.45) is 5.73 Å². The van der Waals surface area contributed by atoms with Gasteiger partial charge in [-0.3, -0.25) is 4.79 Å². The van der Waals surface area contributed by atoms with Gasteiger partial charge in [0.15, 0.2) is 5.69 Å². The van der Waals surface area contributed by atoms with Crippen molar-refractivity contribution >= 4 is 5.91 Å². The number of nitrogens with zero attached hydrogens (tertiary/aromatic N) is 2. The number of nitrogens with two attached hydrogens (primary N) is 1. The summed E-state index contributed by atoms with van der Waals surface area (Å²) in [6.07, 6.45) is 6.79. The van der Waals surface area contributed by atoms with Crippen molar-refractivity contribution in [1.29, 1.82) is 0 Å². The molecule has 1 amide bonds. The first-order chi connectivity index (χ1) is 7.76. The zero-order valence-corrected chi connectivity index (χ0v) is 9.20. The normalized spacial score (nSPS) is 19.3. The summed E-state index contributed by atoms with van der Waals surface area (Å²) in [4.78, 5) is 11.8. The Morgan fingerprint density at radius 2 is 2.25 bits per heavy atom. The van der Waals surface area contributed by atoms with Gasteiger partial charge in [-0.25, -0.2) is 0 Å². The number of aromatic amines is 1. The number of carbonyl (C=O) groups excluding carboxylic acids is 1.